The number of para-hydroxylation sites is 1. The number of pyridine rings is 1. The predicted octanol–water partition coefficient (Wildman–Crippen LogP) is 2.95. The maximum absolute atomic E-state index is 12.9. The molecule has 3 aromatic rings. The molecule has 1 atom stereocenters. The van der Waals surface area contributed by atoms with Crippen LogP contribution in [0.15, 0.2) is 65.7 Å². The number of ether oxygens (including phenoxy) is 1. The third-order valence-electron chi connectivity index (χ3n) is 4.02. The molecule has 0 saturated carbocycles. The Balaban J connectivity index is 1.94. The van der Waals surface area contributed by atoms with Gasteiger partial charge in [0.25, 0.3) is 0 Å². The number of nitrogens with zero attached hydrogens (tertiary/aromatic N) is 1. The number of methoxy groups -OCH3 is 1. The Hall–Kier alpha value is -2.48. The van der Waals surface area contributed by atoms with E-state index in [1.807, 2.05) is 0 Å². The first-order valence-corrected chi connectivity index (χ1v) is 9.95. The van der Waals surface area contributed by atoms with Crippen molar-refractivity contribution >= 4 is 38.5 Å². The molecule has 0 spiro atoms. The van der Waals surface area contributed by atoms with Crippen molar-refractivity contribution in [3.05, 3.63) is 71.4 Å². The molecular weight excluding hydrogens is 388 g/mol. The molecule has 0 bridgehead atoms. The van der Waals surface area contributed by atoms with Crippen molar-refractivity contribution in [3.8, 4) is 0 Å². The van der Waals surface area contributed by atoms with E-state index in [2.05, 4.69) is 9.71 Å². The first-order chi connectivity index (χ1) is 12.9. The number of rotatable bonds is 6. The standard InChI is InChI=1S/C19H17ClN2O4S/c1-26-19(23)16(12-13-7-9-15(20)10-8-13)22-27(24,25)17-6-2-4-14-5-3-11-21-18(14)17/h2-11,16,22H,12H2,1H3. The first kappa shape index (κ1) is 19.3. The number of benzene rings is 2. The Kier molecular flexibility index (Phi) is 5.74. The van der Waals surface area contributed by atoms with E-state index >= 15 is 0 Å². The summed E-state index contributed by atoms with van der Waals surface area (Å²) in [5.74, 6) is -0.679. The number of carbonyl (C=O) groups is 1. The van der Waals surface area contributed by atoms with Crippen LogP contribution < -0.4 is 4.72 Å². The first-order valence-electron chi connectivity index (χ1n) is 8.09. The average Bonchev–Trinajstić information content (AvgIpc) is 2.68. The number of hydrogen-bond acceptors (Lipinski definition) is 5. The highest BCUT2D eigenvalue weighted by molar-refractivity contribution is 7.89. The van der Waals surface area contributed by atoms with Gasteiger partial charge in [-0.2, -0.15) is 4.72 Å². The average molecular weight is 405 g/mol. The molecule has 2 aromatic carbocycles. The van der Waals surface area contributed by atoms with Crippen LogP contribution in [0.3, 0.4) is 0 Å². The smallest absolute Gasteiger partial charge is 0.324 e. The van der Waals surface area contributed by atoms with Crippen LogP contribution in [0.4, 0.5) is 0 Å². The quantitative estimate of drug-likeness (QED) is 0.638. The number of fused-ring (bicyclic) bond motifs is 1. The van der Waals surface area contributed by atoms with Gasteiger partial charge in [0.05, 0.1) is 12.6 Å². The number of aromatic nitrogens is 1. The summed E-state index contributed by atoms with van der Waals surface area (Å²) in [7, 11) is -2.80. The molecular formula is C19H17ClN2O4S. The fraction of sp³-hybridized carbons (Fsp3) is 0.158. The molecule has 6 nitrogen and oxygen atoms in total. The molecule has 0 radical (unpaired) electrons. The summed E-state index contributed by atoms with van der Waals surface area (Å²) in [5, 5.41) is 1.24. The molecule has 1 heterocycles. The van der Waals surface area contributed by atoms with Crippen LogP contribution >= 0.6 is 11.6 Å². The molecule has 140 valence electrons. The number of hydrogen-bond donors (Lipinski definition) is 1. The lowest BCUT2D eigenvalue weighted by atomic mass is 10.1. The highest BCUT2D eigenvalue weighted by atomic mass is 35.5. The summed E-state index contributed by atoms with van der Waals surface area (Å²) in [6.07, 6.45) is 1.65. The lowest BCUT2D eigenvalue weighted by molar-refractivity contribution is -0.142. The van der Waals surface area contributed by atoms with Crippen molar-refractivity contribution in [3.63, 3.8) is 0 Å². The minimum atomic E-state index is -4.01. The fourth-order valence-electron chi connectivity index (χ4n) is 2.72. The van der Waals surface area contributed by atoms with Crippen LogP contribution in [0.25, 0.3) is 10.9 Å². The van der Waals surface area contributed by atoms with Crippen molar-refractivity contribution in [1.82, 2.24) is 9.71 Å². The second-order valence-electron chi connectivity index (χ2n) is 5.86. The van der Waals surface area contributed by atoms with E-state index in [0.717, 1.165) is 5.56 Å². The van der Waals surface area contributed by atoms with Crippen LogP contribution in [0, 0.1) is 0 Å². The largest absolute Gasteiger partial charge is 0.468 e. The lowest BCUT2D eigenvalue weighted by Crippen LogP contribution is -2.43. The summed E-state index contributed by atoms with van der Waals surface area (Å²) < 4.78 is 33.1. The van der Waals surface area contributed by atoms with Gasteiger partial charge in [-0.05, 0) is 36.2 Å². The summed E-state index contributed by atoms with van der Waals surface area (Å²) in [4.78, 5) is 16.3. The van der Waals surface area contributed by atoms with Crippen molar-refractivity contribution in [1.29, 1.82) is 0 Å². The molecule has 0 aliphatic rings. The van der Waals surface area contributed by atoms with Gasteiger partial charge < -0.3 is 4.74 Å². The maximum atomic E-state index is 12.9. The third-order valence-corrected chi connectivity index (χ3v) is 5.78. The Labute approximate surface area is 162 Å². The Morgan fingerprint density at radius 1 is 1.15 bits per heavy atom. The van der Waals surface area contributed by atoms with E-state index < -0.39 is 22.0 Å². The summed E-state index contributed by atoms with van der Waals surface area (Å²) in [6, 6.07) is 14.1. The van der Waals surface area contributed by atoms with Gasteiger partial charge in [-0.15, -0.1) is 0 Å². The Morgan fingerprint density at radius 2 is 1.85 bits per heavy atom. The third kappa shape index (κ3) is 4.44. The fourth-order valence-corrected chi connectivity index (χ4v) is 4.21. The van der Waals surface area contributed by atoms with Crippen molar-refractivity contribution in [2.45, 2.75) is 17.4 Å². The van der Waals surface area contributed by atoms with Crippen molar-refractivity contribution in [2.24, 2.45) is 0 Å². The highest BCUT2D eigenvalue weighted by Gasteiger charge is 2.28. The topological polar surface area (TPSA) is 85.4 Å². The van der Waals surface area contributed by atoms with E-state index in [1.54, 1.807) is 48.5 Å². The summed E-state index contributed by atoms with van der Waals surface area (Å²) in [5.41, 5.74) is 1.08. The van der Waals surface area contributed by atoms with Gasteiger partial charge >= 0.3 is 5.97 Å². The monoisotopic (exact) mass is 404 g/mol. The summed E-state index contributed by atoms with van der Waals surface area (Å²) >= 11 is 5.87. The van der Waals surface area contributed by atoms with Gasteiger partial charge in [-0.1, -0.05) is 41.9 Å². The van der Waals surface area contributed by atoms with Crippen LogP contribution in [0.1, 0.15) is 5.56 Å². The van der Waals surface area contributed by atoms with Gasteiger partial charge in [0, 0.05) is 16.6 Å². The molecule has 0 aliphatic carbocycles. The van der Waals surface area contributed by atoms with Gasteiger partial charge in [0.2, 0.25) is 10.0 Å². The van der Waals surface area contributed by atoms with Gasteiger partial charge in [-0.3, -0.25) is 9.78 Å². The molecule has 1 aromatic heterocycles. The minimum Gasteiger partial charge on any atom is -0.468 e. The van der Waals surface area contributed by atoms with E-state index in [-0.39, 0.29) is 11.3 Å². The van der Waals surface area contributed by atoms with Crippen LogP contribution in [0.5, 0.6) is 0 Å². The zero-order valence-electron chi connectivity index (χ0n) is 14.4. The minimum absolute atomic E-state index is 0.00519. The molecule has 27 heavy (non-hydrogen) atoms. The second-order valence-corrected chi connectivity index (χ2v) is 7.98. The number of sulfonamides is 1. The zero-order valence-corrected chi connectivity index (χ0v) is 16.0. The molecule has 3 rings (SSSR count). The van der Waals surface area contributed by atoms with E-state index in [4.69, 9.17) is 16.3 Å². The van der Waals surface area contributed by atoms with Crippen LogP contribution in [-0.4, -0.2) is 32.5 Å². The van der Waals surface area contributed by atoms with E-state index in [1.165, 1.54) is 19.4 Å². The Bertz CT molecular complexity index is 1060. The highest BCUT2D eigenvalue weighted by Crippen LogP contribution is 2.21. The van der Waals surface area contributed by atoms with E-state index in [9.17, 15) is 13.2 Å². The number of halogens is 1. The van der Waals surface area contributed by atoms with Gasteiger partial charge in [-0.25, -0.2) is 8.42 Å². The molecule has 8 heteroatoms. The molecule has 0 saturated heterocycles. The predicted molar refractivity (Wildman–Crippen MR) is 103 cm³/mol. The molecule has 0 fully saturated rings. The number of nitrogens with one attached hydrogen (secondary N) is 1. The molecule has 0 aliphatic heterocycles. The molecule has 1 N–H and O–H groups in total. The van der Waals surface area contributed by atoms with E-state index in [0.29, 0.717) is 15.9 Å². The molecule has 0 amide bonds. The van der Waals surface area contributed by atoms with Crippen molar-refractivity contribution in [2.75, 3.05) is 7.11 Å². The van der Waals surface area contributed by atoms with Gasteiger partial charge in [0.1, 0.15) is 10.9 Å². The normalized spacial score (nSPS) is 12.7. The summed E-state index contributed by atoms with van der Waals surface area (Å²) in [6.45, 7) is 0. The van der Waals surface area contributed by atoms with Crippen molar-refractivity contribution < 1.29 is 17.9 Å². The van der Waals surface area contributed by atoms with Crippen LogP contribution in [0.2, 0.25) is 5.02 Å². The van der Waals surface area contributed by atoms with Gasteiger partial charge in [0.15, 0.2) is 0 Å². The lowest BCUT2D eigenvalue weighted by Gasteiger charge is -2.17. The Morgan fingerprint density at radius 3 is 2.56 bits per heavy atom. The second kappa shape index (κ2) is 8.04. The number of carbonyl (C=O) groups excluding carboxylic acids is 1. The number of esters is 1. The molecule has 1 unspecified atom stereocenters. The van der Waals surface area contributed by atoms with Crippen LogP contribution in [-0.2, 0) is 26.0 Å². The SMILES string of the molecule is COC(=O)C(Cc1ccc(Cl)cc1)NS(=O)(=O)c1cccc2cccnc12. The maximum Gasteiger partial charge on any atom is 0.324 e. The zero-order chi connectivity index (χ0) is 19.4.